The summed E-state index contributed by atoms with van der Waals surface area (Å²) >= 11 is 0. The van der Waals surface area contributed by atoms with Crippen molar-refractivity contribution in [3.63, 3.8) is 0 Å². The van der Waals surface area contributed by atoms with E-state index in [4.69, 9.17) is 10.2 Å². The van der Waals surface area contributed by atoms with Gasteiger partial charge in [-0.1, -0.05) is 106 Å². The van der Waals surface area contributed by atoms with E-state index in [1.165, 1.54) is 9.70 Å². The van der Waals surface area contributed by atoms with E-state index in [1.54, 1.807) is 31.2 Å². The number of likely N-dealkylation sites (tertiary alicyclic amines) is 1. The van der Waals surface area contributed by atoms with Gasteiger partial charge < -0.3 is 5.11 Å². The third-order valence-corrected chi connectivity index (χ3v) is 9.86. The molecule has 3 aromatic carbocycles. The van der Waals surface area contributed by atoms with Gasteiger partial charge in [0.15, 0.2) is 0 Å². The van der Waals surface area contributed by atoms with Crippen molar-refractivity contribution >= 4 is 17.9 Å². The molecule has 0 saturated carbocycles. The zero-order valence-electron chi connectivity index (χ0n) is 27.0. The first kappa shape index (κ1) is 30.0. The molecule has 1 aliphatic heterocycles. The average molecular weight is 619 g/mol. The van der Waals surface area contributed by atoms with E-state index in [9.17, 15) is 14.7 Å². The van der Waals surface area contributed by atoms with Crippen molar-refractivity contribution in [3.8, 4) is 23.3 Å². The Morgan fingerprint density at radius 3 is 2.19 bits per heavy atom. The monoisotopic (exact) mass is 618 g/mol. The van der Waals surface area contributed by atoms with Crippen LogP contribution in [0.5, 0.6) is 5.75 Å². The van der Waals surface area contributed by atoms with Crippen molar-refractivity contribution in [2.75, 3.05) is 0 Å². The number of aromatic hydroxyl groups is 1. The summed E-state index contributed by atoms with van der Waals surface area (Å²) in [6.45, 7) is 10.3. The number of amides is 2. The van der Waals surface area contributed by atoms with Gasteiger partial charge in [0.25, 0.3) is 5.91 Å². The molecule has 2 heterocycles. The Hall–Kier alpha value is -5.70. The lowest BCUT2D eigenvalue weighted by molar-refractivity contribution is -0.138. The topological polar surface area (TPSA) is 88.3 Å². The fourth-order valence-corrected chi connectivity index (χ4v) is 6.74. The van der Waals surface area contributed by atoms with Crippen molar-refractivity contribution in [2.24, 2.45) is 5.41 Å². The smallest absolute Gasteiger partial charge is 0.262 e. The quantitative estimate of drug-likeness (QED) is 0.150. The highest BCUT2D eigenvalue weighted by Crippen LogP contribution is 2.47. The molecule has 1 unspecified atom stereocenters. The predicted octanol–water partition coefficient (Wildman–Crippen LogP) is 6.55. The molecule has 1 fully saturated rings. The van der Waals surface area contributed by atoms with Gasteiger partial charge in [-0.3, -0.25) is 9.59 Å². The van der Waals surface area contributed by atoms with Crippen LogP contribution < -0.4 is 0 Å². The lowest BCUT2D eigenvalue weighted by atomic mass is 9.72. The second kappa shape index (κ2) is 10.7. The number of hydrogen-bond acceptors (Lipinski definition) is 5. The predicted molar refractivity (Wildman–Crippen MR) is 180 cm³/mol. The van der Waals surface area contributed by atoms with E-state index in [1.807, 2.05) is 42.5 Å². The largest absolute Gasteiger partial charge is 0.505 e. The first-order valence-electron chi connectivity index (χ1n) is 15.6. The van der Waals surface area contributed by atoms with Crippen LogP contribution in [-0.2, 0) is 26.8 Å². The van der Waals surface area contributed by atoms with Crippen LogP contribution in [0.3, 0.4) is 0 Å². The molecule has 4 aromatic rings. The number of nitrogens with zero attached hydrogens (tertiary/aromatic N) is 4. The summed E-state index contributed by atoms with van der Waals surface area (Å²) in [6, 6.07) is 24.4. The van der Waals surface area contributed by atoms with Crippen LogP contribution in [0.1, 0.15) is 68.3 Å². The summed E-state index contributed by atoms with van der Waals surface area (Å²) in [5.74, 6) is 4.92. The molecular weight excluding hydrogens is 584 g/mol. The Labute approximate surface area is 274 Å². The van der Waals surface area contributed by atoms with Crippen LogP contribution in [0.2, 0.25) is 0 Å². The number of imide groups is 1. The number of hydrogen-bond donors (Lipinski definition) is 1. The number of phenolic OH excluding ortho intramolecular Hbond substituents is 1. The molecule has 7 nitrogen and oxygen atoms in total. The van der Waals surface area contributed by atoms with Crippen LogP contribution in [0.15, 0.2) is 108 Å². The summed E-state index contributed by atoms with van der Waals surface area (Å²) in [4.78, 5) is 30.1. The number of fused-ring (bicyclic) bond motifs is 2. The zero-order valence-corrected chi connectivity index (χ0v) is 27.0. The van der Waals surface area contributed by atoms with E-state index in [0.717, 1.165) is 22.3 Å². The highest BCUT2D eigenvalue weighted by atomic mass is 16.3. The van der Waals surface area contributed by atoms with Gasteiger partial charge in [-0.2, -0.15) is 5.10 Å². The number of rotatable bonds is 6. The van der Waals surface area contributed by atoms with Crippen LogP contribution in [0, 0.1) is 17.3 Å². The van der Waals surface area contributed by atoms with E-state index in [0.29, 0.717) is 28.3 Å². The normalized spacial score (nSPS) is 18.6. The van der Waals surface area contributed by atoms with Crippen molar-refractivity contribution in [1.29, 1.82) is 0 Å². The van der Waals surface area contributed by atoms with Crippen LogP contribution in [-0.4, -0.2) is 36.8 Å². The molecule has 0 bridgehead atoms. The van der Waals surface area contributed by atoms with E-state index in [-0.39, 0.29) is 18.1 Å². The van der Waals surface area contributed by atoms with Crippen molar-refractivity contribution < 1.29 is 14.7 Å². The Morgan fingerprint density at radius 1 is 0.851 bits per heavy atom. The minimum Gasteiger partial charge on any atom is -0.505 e. The first-order valence-corrected chi connectivity index (χ1v) is 15.6. The van der Waals surface area contributed by atoms with Gasteiger partial charge in [-0.05, 0) is 35.8 Å². The van der Waals surface area contributed by atoms with Gasteiger partial charge in [-0.25, -0.2) is 4.90 Å². The zero-order chi connectivity index (χ0) is 33.1. The molecule has 3 aliphatic rings. The molecule has 7 rings (SSSR count). The number of carbonyl (C=O) groups is 2. The Morgan fingerprint density at radius 2 is 1.51 bits per heavy atom. The molecule has 1 atom stereocenters. The molecule has 1 N–H and O–H groups in total. The Bertz CT molecular complexity index is 2170. The molecule has 1 saturated heterocycles. The molecule has 47 heavy (non-hydrogen) atoms. The van der Waals surface area contributed by atoms with Gasteiger partial charge in [-0.15, -0.1) is 15.6 Å². The standard InChI is InChI=1S/C40H34N4O3/c1-38(2,26-16-10-8-11-17-26)28-22-30(39(3,4)27-18-12-9-13-19-27)35(45)34(23-28)44-41-32-24-31-36(46)43(29-20-14-6-7-15-21-29)37(47)40(31,5)25-33(32)42-44/h6,8-13,16-24,45H,25H2,1-5H3. The molecule has 1 aromatic heterocycles. The van der Waals surface area contributed by atoms with Gasteiger partial charge in [0, 0.05) is 46.6 Å². The SMILES string of the molecule is CC12Cc3nn(-c4cc(C(C)(C)c5ccccc5)cc(C(C)(C)c5ccccc5)c4O)nc3C=C1C(=O)N(C1=CC#CC=C=C1)C2=O. The number of carbonyl (C=O) groups excluding carboxylic acids is 2. The summed E-state index contributed by atoms with van der Waals surface area (Å²) in [6.07, 6.45) is 6.51. The molecule has 2 aliphatic carbocycles. The highest BCUT2D eigenvalue weighted by Gasteiger charge is 2.55. The Kier molecular flexibility index (Phi) is 6.82. The minimum atomic E-state index is -1.12. The summed E-state index contributed by atoms with van der Waals surface area (Å²) in [7, 11) is 0. The maximum absolute atomic E-state index is 13.8. The van der Waals surface area contributed by atoms with Crippen LogP contribution in [0.4, 0.5) is 0 Å². The number of benzene rings is 3. The van der Waals surface area contributed by atoms with Crippen molar-refractivity contribution in [3.05, 3.63) is 142 Å². The molecule has 2 amide bonds. The average Bonchev–Trinajstić information content (AvgIpc) is 3.39. The van der Waals surface area contributed by atoms with E-state index in [2.05, 4.69) is 75.6 Å². The highest BCUT2D eigenvalue weighted by molar-refractivity contribution is 6.21. The van der Waals surface area contributed by atoms with Crippen LogP contribution in [0.25, 0.3) is 11.8 Å². The number of aromatic nitrogens is 3. The summed E-state index contributed by atoms with van der Waals surface area (Å²) in [5.41, 5.74) is 6.89. The van der Waals surface area contributed by atoms with Gasteiger partial charge in [0.2, 0.25) is 5.91 Å². The Balaban J connectivity index is 1.37. The summed E-state index contributed by atoms with van der Waals surface area (Å²) in [5, 5.41) is 21.6. The first-order chi connectivity index (χ1) is 22.4. The number of allylic oxidation sites excluding steroid dienone is 2. The van der Waals surface area contributed by atoms with Crippen LogP contribution >= 0.6 is 0 Å². The van der Waals surface area contributed by atoms with Crippen molar-refractivity contribution in [1.82, 2.24) is 19.9 Å². The van der Waals surface area contributed by atoms with E-state index < -0.39 is 22.2 Å². The molecular formula is C40H34N4O3. The maximum Gasteiger partial charge on any atom is 0.262 e. The van der Waals surface area contributed by atoms with Gasteiger partial charge >= 0.3 is 0 Å². The second-order valence-corrected chi connectivity index (χ2v) is 13.5. The lowest BCUT2D eigenvalue weighted by Crippen LogP contribution is -2.35. The maximum atomic E-state index is 13.8. The van der Waals surface area contributed by atoms with E-state index >= 15 is 0 Å². The third kappa shape index (κ3) is 4.69. The van der Waals surface area contributed by atoms with Gasteiger partial charge in [0.05, 0.1) is 16.8 Å². The number of phenols is 1. The lowest BCUT2D eigenvalue weighted by Gasteiger charge is -2.32. The van der Waals surface area contributed by atoms with Crippen molar-refractivity contribution in [2.45, 2.75) is 51.9 Å². The minimum absolute atomic E-state index is 0.0671. The third-order valence-electron chi connectivity index (χ3n) is 9.86. The molecule has 0 radical (unpaired) electrons. The fraction of sp³-hybridized carbons (Fsp3) is 0.225. The molecule has 0 spiro atoms. The van der Waals surface area contributed by atoms with Gasteiger partial charge in [0.1, 0.15) is 17.1 Å². The second-order valence-electron chi connectivity index (χ2n) is 13.5. The molecule has 232 valence electrons. The molecule has 7 heteroatoms. The fourth-order valence-electron chi connectivity index (χ4n) is 6.74. The summed E-state index contributed by atoms with van der Waals surface area (Å²) < 4.78 is 0.